The van der Waals surface area contributed by atoms with Crippen molar-refractivity contribution in [2.45, 2.75) is 10.8 Å². The average Bonchev–Trinajstić information content (AvgIpc) is 2.82. The number of hydrogen-bond donors (Lipinski definition) is 0. The molecule has 0 bridgehead atoms. The quantitative estimate of drug-likeness (QED) is 0.574. The van der Waals surface area contributed by atoms with E-state index in [0.29, 0.717) is 0 Å². The number of nitrogens with zero attached hydrogens (tertiary/aromatic N) is 1. The van der Waals surface area contributed by atoms with Crippen LogP contribution in [0.25, 0.3) is 10.2 Å². The third kappa shape index (κ3) is 1.99. The molecule has 2 aromatic rings. The summed E-state index contributed by atoms with van der Waals surface area (Å²) in [7, 11) is 0. The summed E-state index contributed by atoms with van der Waals surface area (Å²) < 4.78 is 3.85. The molecule has 1 aromatic carbocycles. The molecular formula is C11H10INS2. The van der Waals surface area contributed by atoms with Gasteiger partial charge in [-0.25, -0.2) is 4.98 Å². The van der Waals surface area contributed by atoms with E-state index >= 15 is 0 Å². The van der Waals surface area contributed by atoms with E-state index in [2.05, 4.69) is 31.2 Å². The molecule has 0 fully saturated rings. The number of rotatable bonds is 1. The molecule has 0 N–H and O–H groups in total. The van der Waals surface area contributed by atoms with Gasteiger partial charge in [0.1, 0.15) is 5.01 Å². The van der Waals surface area contributed by atoms with Crippen LogP contribution < -0.4 is 0 Å². The number of thiazole rings is 1. The van der Waals surface area contributed by atoms with E-state index in [9.17, 15) is 0 Å². The van der Waals surface area contributed by atoms with Crippen molar-refractivity contribution in [3.8, 4) is 0 Å². The molecule has 4 heteroatoms. The molecule has 1 aliphatic heterocycles. The lowest BCUT2D eigenvalue weighted by Crippen LogP contribution is -1.88. The molecule has 1 nitrogen and oxygen atoms in total. The van der Waals surface area contributed by atoms with Gasteiger partial charge in [-0.2, -0.15) is 0 Å². The first-order valence-electron chi connectivity index (χ1n) is 4.82. The van der Waals surface area contributed by atoms with Gasteiger partial charge in [-0.15, -0.1) is 43.8 Å². The van der Waals surface area contributed by atoms with E-state index in [1.165, 1.54) is 15.5 Å². The van der Waals surface area contributed by atoms with E-state index in [1.54, 1.807) is 2.84 Å². The second-order valence-corrected chi connectivity index (χ2v) is 10.1. The van der Waals surface area contributed by atoms with Crippen molar-refractivity contribution in [2.24, 2.45) is 0 Å². The standard InChI is InChI=1S/C11H10INS2/c1-7-6-14-10(12-7)11-13-8-4-2-3-5-9(8)15-11/h2-5,7H,6H2,1H3. The van der Waals surface area contributed by atoms with Crippen LogP contribution in [0.5, 0.6) is 0 Å². The lowest BCUT2D eigenvalue weighted by atomic mass is 10.3. The first-order valence-corrected chi connectivity index (χ1v) is 8.94. The van der Waals surface area contributed by atoms with E-state index in [0.717, 1.165) is 9.44 Å². The molecule has 0 spiro atoms. The Kier molecular flexibility index (Phi) is 2.83. The number of alkyl halides is 1. The molecule has 3 rings (SSSR count). The van der Waals surface area contributed by atoms with E-state index < -0.39 is 0 Å². The number of halogens is 1. The predicted molar refractivity (Wildman–Crippen MR) is 79.7 cm³/mol. The highest BCUT2D eigenvalue weighted by molar-refractivity contribution is 14.2. The molecule has 1 aromatic heterocycles. The average molecular weight is 347 g/mol. The van der Waals surface area contributed by atoms with Gasteiger partial charge in [0.05, 0.1) is 13.1 Å². The minimum absolute atomic E-state index is 0.225. The largest absolute Gasteiger partial charge is 0.235 e. The first-order chi connectivity index (χ1) is 7.33. The predicted octanol–water partition coefficient (Wildman–Crippen LogP) is 3.88. The highest BCUT2D eigenvalue weighted by Gasteiger charge is 2.17. The summed E-state index contributed by atoms with van der Waals surface area (Å²) in [6.45, 7) is 2.36. The highest BCUT2D eigenvalue weighted by atomic mass is 127. The molecule has 15 heavy (non-hydrogen) atoms. The van der Waals surface area contributed by atoms with Gasteiger partial charge in [0, 0.05) is 9.68 Å². The van der Waals surface area contributed by atoms with Gasteiger partial charge >= 0.3 is 0 Å². The fourth-order valence-corrected chi connectivity index (χ4v) is 8.41. The lowest BCUT2D eigenvalue weighted by Gasteiger charge is -1.90. The molecule has 1 aliphatic rings. The van der Waals surface area contributed by atoms with Gasteiger partial charge < -0.3 is 0 Å². The number of aromatic nitrogens is 1. The SMILES string of the molecule is CC1CSC(c2nc3ccccc3s2)=I1. The highest BCUT2D eigenvalue weighted by Crippen LogP contribution is 2.36. The molecule has 0 radical (unpaired) electrons. The molecule has 0 saturated carbocycles. The third-order valence-corrected chi connectivity index (χ3v) is 9.56. The summed E-state index contributed by atoms with van der Waals surface area (Å²) in [5.74, 6) is 1.30. The fourth-order valence-electron chi connectivity index (χ4n) is 1.48. The van der Waals surface area contributed by atoms with E-state index in [-0.39, 0.29) is 20.7 Å². The zero-order valence-corrected chi connectivity index (χ0v) is 12.0. The van der Waals surface area contributed by atoms with Crippen LogP contribution in [0.1, 0.15) is 11.9 Å². The second kappa shape index (κ2) is 4.14. The van der Waals surface area contributed by atoms with Crippen molar-refractivity contribution >= 4 is 56.9 Å². The molecule has 78 valence electrons. The molecule has 0 saturated heterocycles. The number of thioether (sulfide) groups is 1. The number of fused-ring (bicyclic) bond motifs is 1. The Hall–Kier alpha value is 0.0600. The number of hydrogen-bond acceptors (Lipinski definition) is 3. The zero-order chi connectivity index (χ0) is 10.3. The van der Waals surface area contributed by atoms with Crippen LogP contribution in [0.4, 0.5) is 0 Å². The van der Waals surface area contributed by atoms with Crippen molar-refractivity contribution in [1.29, 1.82) is 0 Å². The fraction of sp³-hybridized carbons (Fsp3) is 0.273. The Balaban J connectivity index is 2.09. The van der Waals surface area contributed by atoms with E-state index in [4.69, 9.17) is 4.98 Å². The Morgan fingerprint density at radius 1 is 1.40 bits per heavy atom. The minimum Gasteiger partial charge on any atom is -0.235 e. The Labute approximate surface area is 107 Å². The normalized spacial score (nSPS) is 21.4. The van der Waals surface area contributed by atoms with Crippen LogP contribution in [0.3, 0.4) is 0 Å². The van der Waals surface area contributed by atoms with Crippen molar-refractivity contribution in [1.82, 2.24) is 4.98 Å². The maximum Gasteiger partial charge on any atom is 0.136 e. The summed E-state index contributed by atoms with van der Waals surface area (Å²) in [5, 5.41) is 1.29. The maximum absolute atomic E-state index is 4.72. The van der Waals surface area contributed by atoms with Crippen LogP contribution in [0.15, 0.2) is 24.3 Å². The molecule has 0 amide bonds. The van der Waals surface area contributed by atoms with Gasteiger partial charge in [-0.3, -0.25) is 0 Å². The molecular weight excluding hydrogens is 337 g/mol. The Morgan fingerprint density at radius 3 is 3.00 bits per heavy atom. The minimum atomic E-state index is 0.225. The maximum atomic E-state index is 4.72. The summed E-state index contributed by atoms with van der Waals surface area (Å²) in [4.78, 5) is 4.72. The van der Waals surface area contributed by atoms with E-state index in [1.807, 2.05) is 23.1 Å². The monoisotopic (exact) mass is 347 g/mol. The Morgan fingerprint density at radius 2 is 2.27 bits per heavy atom. The van der Waals surface area contributed by atoms with Gasteiger partial charge in [0.15, 0.2) is 0 Å². The van der Waals surface area contributed by atoms with Gasteiger partial charge in [-0.05, 0) is 12.1 Å². The van der Waals surface area contributed by atoms with Crippen LogP contribution in [0.2, 0.25) is 0 Å². The second-order valence-electron chi connectivity index (χ2n) is 3.46. The number of benzene rings is 1. The Bertz CT molecular complexity index is 499. The van der Waals surface area contributed by atoms with Crippen molar-refractivity contribution in [2.75, 3.05) is 5.75 Å². The molecule has 2 heterocycles. The summed E-state index contributed by atoms with van der Waals surface area (Å²) in [6, 6.07) is 8.43. The molecule has 0 aliphatic carbocycles. The molecule has 1 atom stereocenters. The topological polar surface area (TPSA) is 12.9 Å². The van der Waals surface area contributed by atoms with Crippen LogP contribution in [-0.4, -0.2) is 17.5 Å². The van der Waals surface area contributed by atoms with Gasteiger partial charge in [0.25, 0.3) is 0 Å². The molecule has 1 unspecified atom stereocenters. The van der Waals surface area contributed by atoms with Gasteiger partial charge in [-0.1, -0.05) is 19.1 Å². The van der Waals surface area contributed by atoms with Crippen LogP contribution in [0, 0.1) is 0 Å². The summed E-state index contributed by atoms with van der Waals surface area (Å²) in [6.07, 6.45) is 0. The smallest absolute Gasteiger partial charge is 0.136 e. The first kappa shape index (κ1) is 10.2. The van der Waals surface area contributed by atoms with Crippen LogP contribution in [-0.2, 0) is 0 Å². The van der Waals surface area contributed by atoms with Crippen molar-refractivity contribution < 1.29 is 0 Å². The van der Waals surface area contributed by atoms with Gasteiger partial charge in [0.2, 0.25) is 0 Å². The summed E-state index contributed by atoms with van der Waals surface area (Å²) in [5.41, 5.74) is 1.16. The van der Waals surface area contributed by atoms with Crippen LogP contribution >= 0.6 is 43.8 Å². The zero-order valence-electron chi connectivity index (χ0n) is 8.24. The summed E-state index contributed by atoms with van der Waals surface area (Å²) >= 11 is 4.11. The number of para-hydroxylation sites is 1. The third-order valence-electron chi connectivity index (χ3n) is 2.19. The van der Waals surface area contributed by atoms with Crippen molar-refractivity contribution in [3.63, 3.8) is 0 Å². The lowest BCUT2D eigenvalue weighted by molar-refractivity contribution is 1.19. The van der Waals surface area contributed by atoms with Crippen molar-refractivity contribution in [3.05, 3.63) is 29.3 Å².